The monoisotopic (exact) mass is 772 g/mol. The lowest BCUT2D eigenvalue weighted by Gasteiger charge is -2.27. The molecule has 1 aliphatic heterocycles. The lowest BCUT2D eigenvalue weighted by Crippen LogP contribution is -2.50. The summed E-state index contributed by atoms with van der Waals surface area (Å²) in [4.78, 5) is 14.1. The van der Waals surface area contributed by atoms with E-state index in [1.807, 2.05) is 61.5 Å². The molecule has 9 nitrogen and oxygen atoms in total. The second-order valence-corrected chi connectivity index (χ2v) is 14.0. The molecule has 2 aromatic heterocycles. The van der Waals surface area contributed by atoms with E-state index in [1.165, 1.54) is 12.1 Å². The van der Waals surface area contributed by atoms with Gasteiger partial charge in [0.15, 0.2) is 5.84 Å². The fraction of sp³-hybridized carbons (Fsp3) is 0.0667. The van der Waals surface area contributed by atoms with E-state index in [4.69, 9.17) is 38.3 Å². The molecule has 12 heteroatoms. The number of rotatable bonds is 5. The standard InChI is InChI=1S/C45H31ClF2N8O/c1-45(54-42-22-31(38-23-34(46)14-16-39(38)53-42)12-8-27-3-2-4-32(17-27)43(50)56-57)25-51-44(55-45)28-9-5-26(6-10-28)7-11-30-21-41(49)52-40-20-29(13-15-37(30)40)33-18-35(47)24-36(48)19-33/h2-6,9-10,13-24,57H,25H2,1H3,(H2,49,52)(H2,50,56)(H,51,55)(H,53,54). The van der Waals surface area contributed by atoms with Crippen LogP contribution in [0.5, 0.6) is 0 Å². The van der Waals surface area contributed by atoms with Gasteiger partial charge in [-0.15, -0.1) is 0 Å². The van der Waals surface area contributed by atoms with Crippen molar-refractivity contribution in [1.29, 1.82) is 0 Å². The molecule has 1 atom stereocenters. The molecule has 3 heterocycles. The number of nitrogen functional groups attached to an aromatic ring is 1. The number of hydrogen-bond acceptors (Lipinski definition) is 8. The van der Waals surface area contributed by atoms with Crippen molar-refractivity contribution in [1.82, 2.24) is 15.3 Å². The van der Waals surface area contributed by atoms with Gasteiger partial charge in [0.2, 0.25) is 0 Å². The summed E-state index contributed by atoms with van der Waals surface area (Å²) in [6, 6.07) is 32.6. The fourth-order valence-corrected chi connectivity index (χ4v) is 6.69. The Bertz CT molecular complexity index is 2930. The summed E-state index contributed by atoms with van der Waals surface area (Å²) in [5.74, 6) is 13.1. The van der Waals surface area contributed by atoms with Crippen LogP contribution >= 0.6 is 11.6 Å². The number of nitrogens with zero attached hydrogens (tertiary/aromatic N) is 4. The average Bonchev–Trinajstić information content (AvgIpc) is 3.59. The molecule has 278 valence electrons. The molecule has 0 fully saturated rings. The molecule has 0 amide bonds. The maximum Gasteiger partial charge on any atom is 0.170 e. The molecule has 1 aliphatic rings. The highest BCUT2D eigenvalue weighted by Gasteiger charge is 2.31. The van der Waals surface area contributed by atoms with E-state index in [2.05, 4.69) is 44.5 Å². The number of nitrogens with one attached hydrogen (secondary N) is 2. The van der Waals surface area contributed by atoms with E-state index in [-0.39, 0.29) is 11.7 Å². The lowest BCUT2D eigenvalue weighted by atomic mass is 10.0. The molecule has 0 saturated carbocycles. The third-order valence-electron chi connectivity index (χ3n) is 9.26. The van der Waals surface area contributed by atoms with Crippen molar-refractivity contribution in [2.75, 3.05) is 17.6 Å². The van der Waals surface area contributed by atoms with E-state index < -0.39 is 17.3 Å². The SMILES string of the molecule is CC1(Nc2cc(C#Cc3cccc(C(N)=NO)c3)c3cc(Cl)ccc3n2)CN=C(c2ccc(C#Cc3cc(N)nc4cc(-c5cc(F)cc(F)c5)ccc34)cc2)N1. The number of halogens is 3. The van der Waals surface area contributed by atoms with Gasteiger partial charge in [-0.2, -0.15) is 0 Å². The third-order valence-corrected chi connectivity index (χ3v) is 9.49. The summed E-state index contributed by atoms with van der Waals surface area (Å²) in [6.45, 7) is 2.43. The predicted molar refractivity (Wildman–Crippen MR) is 222 cm³/mol. The number of oxime groups is 1. The Labute approximate surface area is 331 Å². The minimum Gasteiger partial charge on any atom is -0.409 e. The van der Waals surface area contributed by atoms with Gasteiger partial charge in [0.05, 0.1) is 17.6 Å². The predicted octanol–water partition coefficient (Wildman–Crippen LogP) is 8.04. The molecular formula is C45H31ClF2N8O. The number of aliphatic imine (C=N–C) groups is 1. The van der Waals surface area contributed by atoms with E-state index >= 15 is 0 Å². The molecular weight excluding hydrogens is 742 g/mol. The Morgan fingerprint density at radius 3 is 2.28 bits per heavy atom. The molecule has 7 aromatic rings. The number of amidine groups is 2. The first-order valence-electron chi connectivity index (χ1n) is 17.6. The summed E-state index contributed by atoms with van der Waals surface area (Å²) in [5, 5.41) is 21.3. The summed E-state index contributed by atoms with van der Waals surface area (Å²) in [7, 11) is 0. The largest absolute Gasteiger partial charge is 0.409 e. The average molecular weight is 773 g/mol. The fourth-order valence-electron chi connectivity index (χ4n) is 6.52. The van der Waals surface area contributed by atoms with Gasteiger partial charge >= 0.3 is 0 Å². The molecule has 0 saturated heterocycles. The minimum absolute atomic E-state index is 0.00253. The van der Waals surface area contributed by atoms with Crippen molar-refractivity contribution in [2.24, 2.45) is 15.9 Å². The highest BCUT2D eigenvalue weighted by molar-refractivity contribution is 6.31. The van der Waals surface area contributed by atoms with Gasteiger partial charge < -0.3 is 27.3 Å². The van der Waals surface area contributed by atoms with Crippen molar-refractivity contribution in [3.8, 4) is 34.8 Å². The zero-order valence-corrected chi connectivity index (χ0v) is 31.0. The van der Waals surface area contributed by atoms with Gasteiger partial charge in [0.25, 0.3) is 0 Å². The Hall–Kier alpha value is -7.47. The van der Waals surface area contributed by atoms with Crippen LogP contribution < -0.4 is 22.1 Å². The van der Waals surface area contributed by atoms with Crippen LogP contribution in [0.3, 0.4) is 0 Å². The topological polar surface area (TPSA) is 147 Å². The number of hydrogen-bond donors (Lipinski definition) is 5. The molecule has 0 aliphatic carbocycles. The maximum atomic E-state index is 13.9. The Kier molecular flexibility index (Phi) is 9.60. The molecule has 0 spiro atoms. The van der Waals surface area contributed by atoms with Crippen LogP contribution in [-0.4, -0.2) is 39.1 Å². The Morgan fingerprint density at radius 2 is 1.51 bits per heavy atom. The van der Waals surface area contributed by atoms with E-state index in [0.29, 0.717) is 67.6 Å². The van der Waals surface area contributed by atoms with E-state index in [1.54, 1.807) is 42.5 Å². The van der Waals surface area contributed by atoms with E-state index in [9.17, 15) is 8.78 Å². The normalized spacial score (nSPS) is 14.9. The quantitative estimate of drug-likeness (QED) is 0.0391. The van der Waals surface area contributed by atoms with Crippen molar-refractivity contribution in [3.05, 3.63) is 165 Å². The lowest BCUT2D eigenvalue weighted by molar-refractivity contribution is 0.318. The van der Waals surface area contributed by atoms with Crippen LogP contribution in [0.15, 0.2) is 125 Å². The van der Waals surface area contributed by atoms with Crippen molar-refractivity contribution >= 4 is 56.7 Å². The highest BCUT2D eigenvalue weighted by atomic mass is 35.5. The zero-order valence-electron chi connectivity index (χ0n) is 30.2. The van der Waals surface area contributed by atoms with Crippen LogP contribution in [0, 0.1) is 35.3 Å². The summed E-state index contributed by atoms with van der Waals surface area (Å²) >= 11 is 6.37. The summed E-state index contributed by atoms with van der Waals surface area (Å²) in [6.07, 6.45) is 0. The van der Waals surface area contributed by atoms with Gasteiger partial charge in [-0.1, -0.05) is 76.8 Å². The van der Waals surface area contributed by atoms with Crippen molar-refractivity contribution < 1.29 is 14.0 Å². The minimum atomic E-state index is -0.661. The molecule has 1 unspecified atom stereocenters. The van der Waals surface area contributed by atoms with Crippen LogP contribution in [-0.2, 0) is 0 Å². The third kappa shape index (κ3) is 8.01. The van der Waals surface area contributed by atoms with Crippen LogP contribution in [0.4, 0.5) is 20.4 Å². The maximum absolute atomic E-state index is 13.9. The van der Waals surface area contributed by atoms with Crippen LogP contribution in [0.25, 0.3) is 32.9 Å². The number of nitrogens with two attached hydrogens (primary N) is 2. The number of anilines is 2. The van der Waals surface area contributed by atoms with Gasteiger partial charge in [-0.05, 0) is 90.8 Å². The Morgan fingerprint density at radius 1 is 0.772 bits per heavy atom. The Balaban J connectivity index is 0.994. The van der Waals surface area contributed by atoms with Gasteiger partial charge in [-0.3, -0.25) is 4.99 Å². The van der Waals surface area contributed by atoms with Crippen molar-refractivity contribution in [2.45, 2.75) is 12.6 Å². The number of fused-ring (bicyclic) bond motifs is 2. The first-order chi connectivity index (χ1) is 27.5. The van der Waals surface area contributed by atoms with Gasteiger partial charge in [-0.25, -0.2) is 18.7 Å². The zero-order chi connectivity index (χ0) is 39.7. The number of aromatic nitrogens is 2. The molecule has 0 bridgehead atoms. The number of pyridine rings is 2. The van der Waals surface area contributed by atoms with Gasteiger partial charge in [0.1, 0.15) is 34.8 Å². The first kappa shape index (κ1) is 36.5. The molecule has 57 heavy (non-hydrogen) atoms. The second-order valence-electron chi connectivity index (χ2n) is 13.6. The van der Waals surface area contributed by atoms with E-state index in [0.717, 1.165) is 28.0 Å². The summed E-state index contributed by atoms with van der Waals surface area (Å²) in [5.41, 5.74) is 17.8. The number of benzene rings is 5. The molecule has 8 rings (SSSR count). The second kappa shape index (κ2) is 15.0. The molecule has 0 radical (unpaired) electrons. The first-order valence-corrected chi connectivity index (χ1v) is 18.0. The van der Waals surface area contributed by atoms with Crippen LogP contribution in [0.1, 0.15) is 40.3 Å². The van der Waals surface area contributed by atoms with Gasteiger partial charge in [0, 0.05) is 55.2 Å². The molecule has 7 N–H and O–H groups in total. The highest BCUT2D eigenvalue weighted by Crippen LogP contribution is 2.29. The van der Waals surface area contributed by atoms with Crippen molar-refractivity contribution in [3.63, 3.8) is 0 Å². The van der Waals surface area contributed by atoms with Crippen LogP contribution in [0.2, 0.25) is 5.02 Å². The smallest absolute Gasteiger partial charge is 0.170 e. The molecule has 5 aromatic carbocycles. The summed E-state index contributed by atoms with van der Waals surface area (Å²) < 4.78 is 27.8.